The summed E-state index contributed by atoms with van der Waals surface area (Å²) in [6.45, 7) is 5.56. The molecule has 1 N–H and O–H groups in total. The lowest BCUT2D eigenvalue weighted by Crippen LogP contribution is -2.33. The van der Waals surface area contributed by atoms with Crippen LogP contribution in [0.15, 0.2) is 18.2 Å². The molecule has 2 rings (SSSR count). The highest BCUT2D eigenvalue weighted by Crippen LogP contribution is 2.30. The fourth-order valence-electron chi connectivity index (χ4n) is 3.24. The Morgan fingerprint density at radius 2 is 1.81 bits per heavy atom. The second-order valence-corrected chi connectivity index (χ2v) is 6.41. The molecule has 0 spiro atoms. The average molecular weight is 291 g/mol. The zero-order chi connectivity index (χ0) is 15.2. The van der Waals surface area contributed by atoms with Crippen LogP contribution in [0.1, 0.15) is 45.1 Å². The normalized spacial score (nSPS) is 22.3. The van der Waals surface area contributed by atoms with E-state index in [0.29, 0.717) is 6.04 Å². The number of hydrogen-bond donors (Lipinski definition) is 1. The van der Waals surface area contributed by atoms with Crippen molar-refractivity contribution in [3.63, 3.8) is 0 Å². The van der Waals surface area contributed by atoms with Gasteiger partial charge in [0.2, 0.25) is 0 Å². The summed E-state index contributed by atoms with van der Waals surface area (Å²) in [5, 5.41) is 3.69. The van der Waals surface area contributed by atoms with E-state index in [1.807, 2.05) is 12.1 Å². The molecule has 1 aromatic rings. The van der Waals surface area contributed by atoms with Gasteiger partial charge in [0, 0.05) is 24.2 Å². The monoisotopic (exact) mass is 291 g/mol. The molecule has 1 fully saturated rings. The van der Waals surface area contributed by atoms with E-state index in [-0.39, 0.29) is 0 Å². The molecule has 3 heteroatoms. The van der Waals surface area contributed by atoms with Gasteiger partial charge in [-0.3, -0.25) is 0 Å². The van der Waals surface area contributed by atoms with Gasteiger partial charge in [-0.15, -0.1) is 0 Å². The lowest BCUT2D eigenvalue weighted by molar-refractivity contribution is 0.237. The lowest BCUT2D eigenvalue weighted by Gasteiger charge is -2.31. The molecule has 0 aliphatic heterocycles. The van der Waals surface area contributed by atoms with Crippen LogP contribution in [0.3, 0.4) is 0 Å². The number of ether oxygens (including phenoxy) is 2. The van der Waals surface area contributed by atoms with E-state index in [1.54, 1.807) is 14.2 Å². The van der Waals surface area contributed by atoms with E-state index in [1.165, 1.54) is 31.2 Å². The molecule has 0 unspecified atom stereocenters. The quantitative estimate of drug-likeness (QED) is 0.859. The van der Waals surface area contributed by atoms with Crippen molar-refractivity contribution in [2.45, 2.75) is 52.1 Å². The standard InChI is InChI=1S/C18H29NO2/c1-13(2)14-5-8-16(9-6-14)19-12-15-7-10-17(20-3)11-18(15)21-4/h7,10-11,13-14,16,19H,5-6,8-9,12H2,1-4H3. The highest BCUT2D eigenvalue weighted by atomic mass is 16.5. The third-order valence-corrected chi connectivity index (χ3v) is 4.79. The molecule has 1 aliphatic rings. The highest BCUT2D eigenvalue weighted by Gasteiger charge is 2.22. The van der Waals surface area contributed by atoms with Gasteiger partial charge in [0.05, 0.1) is 14.2 Å². The first-order valence-corrected chi connectivity index (χ1v) is 8.08. The summed E-state index contributed by atoms with van der Waals surface area (Å²) in [6, 6.07) is 6.68. The molecule has 0 aromatic heterocycles. The molecule has 0 heterocycles. The molecule has 1 aliphatic carbocycles. The molecule has 3 nitrogen and oxygen atoms in total. The Morgan fingerprint density at radius 1 is 1.10 bits per heavy atom. The van der Waals surface area contributed by atoms with Gasteiger partial charge in [0.25, 0.3) is 0 Å². The fraction of sp³-hybridized carbons (Fsp3) is 0.667. The Hall–Kier alpha value is -1.22. The molecular formula is C18H29NO2. The van der Waals surface area contributed by atoms with Gasteiger partial charge >= 0.3 is 0 Å². The number of hydrogen-bond acceptors (Lipinski definition) is 3. The van der Waals surface area contributed by atoms with Crippen molar-refractivity contribution >= 4 is 0 Å². The summed E-state index contributed by atoms with van der Waals surface area (Å²) in [7, 11) is 3.39. The second kappa shape index (κ2) is 7.69. The van der Waals surface area contributed by atoms with Crippen LogP contribution in [0.25, 0.3) is 0 Å². The molecule has 0 amide bonds. The Kier molecular flexibility index (Phi) is 5.92. The van der Waals surface area contributed by atoms with Crippen molar-refractivity contribution in [3.05, 3.63) is 23.8 Å². The molecule has 0 saturated heterocycles. The van der Waals surface area contributed by atoms with Crippen LogP contribution in [0, 0.1) is 11.8 Å². The summed E-state index contributed by atoms with van der Waals surface area (Å²) in [5.41, 5.74) is 1.20. The van der Waals surface area contributed by atoms with E-state index in [2.05, 4.69) is 25.2 Å². The summed E-state index contributed by atoms with van der Waals surface area (Å²) in [5.74, 6) is 3.48. The van der Waals surface area contributed by atoms with Crippen molar-refractivity contribution in [1.29, 1.82) is 0 Å². The molecule has 1 aromatic carbocycles. The third-order valence-electron chi connectivity index (χ3n) is 4.79. The van der Waals surface area contributed by atoms with Gasteiger partial charge < -0.3 is 14.8 Å². The van der Waals surface area contributed by atoms with Crippen LogP contribution in [-0.4, -0.2) is 20.3 Å². The van der Waals surface area contributed by atoms with Crippen molar-refractivity contribution in [2.24, 2.45) is 11.8 Å². The molecule has 21 heavy (non-hydrogen) atoms. The van der Waals surface area contributed by atoms with Gasteiger partial charge in [0.1, 0.15) is 11.5 Å². The number of rotatable bonds is 6. The Bertz CT molecular complexity index is 437. The minimum absolute atomic E-state index is 0.645. The predicted molar refractivity (Wildman–Crippen MR) is 87.0 cm³/mol. The molecule has 118 valence electrons. The number of nitrogens with one attached hydrogen (secondary N) is 1. The summed E-state index contributed by atoms with van der Waals surface area (Å²) in [4.78, 5) is 0. The van der Waals surface area contributed by atoms with E-state index < -0.39 is 0 Å². The van der Waals surface area contributed by atoms with E-state index in [4.69, 9.17) is 9.47 Å². The van der Waals surface area contributed by atoms with Crippen LogP contribution < -0.4 is 14.8 Å². The number of methoxy groups -OCH3 is 2. The summed E-state index contributed by atoms with van der Waals surface area (Å²) < 4.78 is 10.7. The first kappa shape index (κ1) is 16.2. The van der Waals surface area contributed by atoms with Crippen LogP contribution in [0.5, 0.6) is 11.5 Å². The maximum absolute atomic E-state index is 5.46. The van der Waals surface area contributed by atoms with Gasteiger partial charge in [-0.2, -0.15) is 0 Å². The van der Waals surface area contributed by atoms with E-state index in [0.717, 1.165) is 29.9 Å². The summed E-state index contributed by atoms with van der Waals surface area (Å²) in [6.07, 6.45) is 5.30. The number of benzene rings is 1. The van der Waals surface area contributed by atoms with Gasteiger partial charge in [-0.1, -0.05) is 19.9 Å². The maximum atomic E-state index is 5.46. The SMILES string of the molecule is COc1ccc(CNC2CCC(C(C)C)CC2)c(OC)c1. The van der Waals surface area contributed by atoms with Crippen LogP contribution in [0.4, 0.5) is 0 Å². The van der Waals surface area contributed by atoms with Crippen molar-refractivity contribution in [3.8, 4) is 11.5 Å². The first-order valence-electron chi connectivity index (χ1n) is 8.08. The maximum Gasteiger partial charge on any atom is 0.127 e. The van der Waals surface area contributed by atoms with E-state index in [9.17, 15) is 0 Å². The Labute approximate surface area is 129 Å². The molecule has 0 atom stereocenters. The highest BCUT2D eigenvalue weighted by molar-refractivity contribution is 5.40. The van der Waals surface area contributed by atoms with E-state index >= 15 is 0 Å². The Morgan fingerprint density at radius 3 is 2.38 bits per heavy atom. The predicted octanol–water partition coefficient (Wildman–Crippen LogP) is 4.01. The van der Waals surface area contributed by atoms with Gasteiger partial charge in [-0.05, 0) is 43.6 Å². The lowest BCUT2D eigenvalue weighted by atomic mass is 9.79. The zero-order valence-corrected chi connectivity index (χ0v) is 13.8. The van der Waals surface area contributed by atoms with Crippen molar-refractivity contribution < 1.29 is 9.47 Å². The molecule has 0 bridgehead atoms. The fourth-order valence-corrected chi connectivity index (χ4v) is 3.24. The van der Waals surface area contributed by atoms with Crippen LogP contribution in [-0.2, 0) is 6.54 Å². The molecule has 0 radical (unpaired) electrons. The third kappa shape index (κ3) is 4.37. The smallest absolute Gasteiger partial charge is 0.127 e. The van der Waals surface area contributed by atoms with Crippen LogP contribution >= 0.6 is 0 Å². The summed E-state index contributed by atoms with van der Waals surface area (Å²) >= 11 is 0. The van der Waals surface area contributed by atoms with Gasteiger partial charge in [0.15, 0.2) is 0 Å². The minimum Gasteiger partial charge on any atom is -0.497 e. The van der Waals surface area contributed by atoms with Gasteiger partial charge in [-0.25, -0.2) is 0 Å². The largest absolute Gasteiger partial charge is 0.497 e. The van der Waals surface area contributed by atoms with Crippen LogP contribution in [0.2, 0.25) is 0 Å². The average Bonchev–Trinajstić information content (AvgIpc) is 2.53. The topological polar surface area (TPSA) is 30.5 Å². The Balaban J connectivity index is 1.86. The van der Waals surface area contributed by atoms with Crippen molar-refractivity contribution in [2.75, 3.05) is 14.2 Å². The minimum atomic E-state index is 0.645. The first-order chi connectivity index (χ1) is 10.1. The van der Waals surface area contributed by atoms with Crippen molar-refractivity contribution in [1.82, 2.24) is 5.32 Å². The molecule has 1 saturated carbocycles. The molecular weight excluding hydrogens is 262 g/mol. The second-order valence-electron chi connectivity index (χ2n) is 6.41. The zero-order valence-electron chi connectivity index (χ0n) is 13.8.